The number of fused-ring (bicyclic) bond motifs is 1. The fourth-order valence-corrected chi connectivity index (χ4v) is 2.51. The van der Waals surface area contributed by atoms with Crippen molar-refractivity contribution < 1.29 is 9.53 Å². The molecule has 0 aliphatic carbocycles. The number of carbonyl (C=O) groups is 1. The number of hydrazine groups is 1. The molecule has 1 amide bonds. The second kappa shape index (κ2) is 7.44. The molecule has 4 nitrogen and oxygen atoms in total. The Labute approximate surface area is 140 Å². The summed E-state index contributed by atoms with van der Waals surface area (Å²) in [6.45, 7) is 0.484. The van der Waals surface area contributed by atoms with E-state index in [1.54, 1.807) is 6.08 Å². The molecule has 0 unspecified atom stereocenters. The third-order valence-electron chi connectivity index (χ3n) is 3.70. The summed E-state index contributed by atoms with van der Waals surface area (Å²) in [6, 6.07) is 22.0. The van der Waals surface area contributed by atoms with Crippen molar-refractivity contribution in [2.75, 3.05) is 0 Å². The van der Waals surface area contributed by atoms with Gasteiger partial charge in [0.05, 0.1) is 0 Å². The molecule has 0 aliphatic heterocycles. The number of nitrogens with one attached hydrogen (secondary N) is 1. The highest BCUT2D eigenvalue weighted by molar-refractivity contribution is 5.91. The van der Waals surface area contributed by atoms with Crippen LogP contribution in [0.3, 0.4) is 0 Å². The Morgan fingerprint density at radius 3 is 2.71 bits per heavy atom. The van der Waals surface area contributed by atoms with Gasteiger partial charge in [-0.05, 0) is 40.1 Å². The molecule has 4 heteroatoms. The molecule has 0 bridgehead atoms. The maximum atomic E-state index is 11.2. The molecule has 0 radical (unpaired) electrons. The molecule has 0 atom stereocenters. The zero-order valence-corrected chi connectivity index (χ0v) is 13.1. The van der Waals surface area contributed by atoms with Gasteiger partial charge in [0.1, 0.15) is 12.4 Å². The minimum atomic E-state index is -0.350. The molecular formula is C20H18N2O2. The van der Waals surface area contributed by atoms with Gasteiger partial charge in [-0.25, -0.2) is 5.84 Å². The van der Waals surface area contributed by atoms with Crippen LogP contribution < -0.4 is 16.0 Å². The van der Waals surface area contributed by atoms with E-state index < -0.39 is 0 Å². The molecule has 3 aromatic rings. The van der Waals surface area contributed by atoms with Crippen molar-refractivity contribution in [1.29, 1.82) is 0 Å². The molecule has 0 spiro atoms. The smallest absolute Gasteiger partial charge is 0.257 e. The summed E-state index contributed by atoms with van der Waals surface area (Å²) in [4.78, 5) is 11.2. The lowest BCUT2D eigenvalue weighted by molar-refractivity contribution is -0.116. The van der Waals surface area contributed by atoms with Crippen molar-refractivity contribution in [3.8, 4) is 5.75 Å². The summed E-state index contributed by atoms with van der Waals surface area (Å²) in [7, 11) is 0. The second-order valence-corrected chi connectivity index (χ2v) is 5.34. The van der Waals surface area contributed by atoms with Gasteiger partial charge in [0, 0.05) is 6.08 Å². The maximum Gasteiger partial charge on any atom is 0.257 e. The predicted molar refractivity (Wildman–Crippen MR) is 96.1 cm³/mol. The SMILES string of the molecule is NNC(=O)C=Cc1cccc(OCc2cccc3ccccc23)c1. The number of benzene rings is 3. The van der Waals surface area contributed by atoms with E-state index in [1.807, 2.05) is 42.5 Å². The van der Waals surface area contributed by atoms with Crippen LogP contribution in [0, 0.1) is 0 Å². The van der Waals surface area contributed by atoms with E-state index in [0.29, 0.717) is 6.61 Å². The van der Waals surface area contributed by atoms with Crippen molar-refractivity contribution in [3.05, 3.63) is 83.9 Å². The molecule has 3 rings (SSSR count). The third kappa shape index (κ3) is 3.80. The van der Waals surface area contributed by atoms with Crippen LogP contribution in [-0.4, -0.2) is 5.91 Å². The lowest BCUT2D eigenvalue weighted by Crippen LogP contribution is -2.27. The number of hydrogen-bond acceptors (Lipinski definition) is 3. The third-order valence-corrected chi connectivity index (χ3v) is 3.70. The second-order valence-electron chi connectivity index (χ2n) is 5.34. The van der Waals surface area contributed by atoms with Gasteiger partial charge in [-0.2, -0.15) is 0 Å². The minimum absolute atomic E-state index is 0.350. The molecule has 24 heavy (non-hydrogen) atoms. The van der Waals surface area contributed by atoms with E-state index in [2.05, 4.69) is 29.7 Å². The first-order chi connectivity index (χ1) is 11.8. The first-order valence-electron chi connectivity index (χ1n) is 7.64. The standard InChI is InChI=1S/C20H18N2O2/c21-22-20(23)12-11-15-5-3-9-18(13-15)24-14-17-8-4-7-16-6-1-2-10-19(16)17/h1-13H,14,21H2,(H,22,23). The van der Waals surface area contributed by atoms with Gasteiger partial charge >= 0.3 is 0 Å². The van der Waals surface area contributed by atoms with Crippen LogP contribution in [-0.2, 0) is 11.4 Å². The van der Waals surface area contributed by atoms with Gasteiger partial charge in [-0.1, -0.05) is 54.6 Å². The number of carbonyl (C=O) groups excluding carboxylic acids is 1. The Hall–Kier alpha value is -3.11. The van der Waals surface area contributed by atoms with Crippen molar-refractivity contribution in [3.63, 3.8) is 0 Å². The average Bonchev–Trinajstić information content (AvgIpc) is 2.64. The van der Waals surface area contributed by atoms with Gasteiger partial charge in [0.15, 0.2) is 0 Å². The lowest BCUT2D eigenvalue weighted by atomic mass is 10.1. The van der Waals surface area contributed by atoms with E-state index >= 15 is 0 Å². The number of hydrogen-bond donors (Lipinski definition) is 2. The van der Waals surface area contributed by atoms with Crippen molar-refractivity contribution in [2.24, 2.45) is 5.84 Å². The highest BCUT2D eigenvalue weighted by Gasteiger charge is 2.02. The van der Waals surface area contributed by atoms with Crippen LogP contribution >= 0.6 is 0 Å². The van der Waals surface area contributed by atoms with Crippen LogP contribution in [0.2, 0.25) is 0 Å². The van der Waals surface area contributed by atoms with Crippen LogP contribution in [0.15, 0.2) is 72.8 Å². The molecule has 0 heterocycles. The summed E-state index contributed by atoms with van der Waals surface area (Å²) < 4.78 is 5.91. The monoisotopic (exact) mass is 318 g/mol. The van der Waals surface area contributed by atoms with Crippen molar-refractivity contribution in [1.82, 2.24) is 5.43 Å². The molecule has 0 fully saturated rings. The van der Waals surface area contributed by atoms with Crippen LogP contribution in [0.4, 0.5) is 0 Å². The molecule has 0 aromatic heterocycles. The number of rotatable bonds is 5. The summed E-state index contributed by atoms with van der Waals surface area (Å²) >= 11 is 0. The van der Waals surface area contributed by atoms with Gasteiger partial charge < -0.3 is 4.74 Å². The molecule has 120 valence electrons. The topological polar surface area (TPSA) is 64.3 Å². The summed E-state index contributed by atoms with van der Waals surface area (Å²) in [5.41, 5.74) is 4.06. The van der Waals surface area contributed by atoms with E-state index in [1.165, 1.54) is 16.8 Å². The Bertz CT molecular complexity index is 882. The number of amides is 1. The van der Waals surface area contributed by atoms with E-state index in [-0.39, 0.29) is 5.91 Å². The fraction of sp³-hybridized carbons (Fsp3) is 0.0500. The Morgan fingerprint density at radius 1 is 1.04 bits per heavy atom. The highest BCUT2D eigenvalue weighted by Crippen LogP contribution is 2.21. The number of nitrogens with two attached hydrogens (primary N) is 1. The largest absolute Gasteiger partial charge is 0.489 e. The molecule has 0 saturated carbocycles. The molecule has 3 aromatic carbocycles. The molecule has 3 N–H and O–H groups in total. The van der Waals surface area contributed by atoms with Crippen LogP contribution in [0.25, 0.3) is 16.8 Å². The Kier molecular flexibility index (Phi) is 4.89. The normalized spacial score (nSPS) is 10.9. The first kappa shape index (κ1) is 15.8. The quantitative estimate of drug-likeness (QED) is 0.328. The van der Waals surface area contributed by atoms with Crippen molar-refractivity contribution >= 4 is 22.8 Å². The summed E-state index contributed by atoms with van der Waals surface area (Å²) in [5.74, 6) is 5.45. The fourth-order valence-electron chi connectivity index (χ4n) is 2.51. The predicted octanol–water partition coefficient (Wildman–Crippen LogP) is 3.42. The summed E-state index contributed by atoms with van der Waals surface area (Å²) in [5, 5.41) is 2.39. The zero-order valence-electron chi connectivity index (χ0n) is 13.1. The number of ether oxygens (including phenoxy) is 1. The Balaban J connectivity index is 1.74. The minimum Gasteiger partial charge on any atom is -0.489 e. The van der Waals surface area contributed by atoms with E-state index in [0.717, 1.165) is 16.9 Å². The lowest BCUT2D eigenvalue weighted by Gasteiger charge is -2.09. The van der Waals surface area contributed by atoms with Gasteiger partial charge in [0.25, 0.3) is 5.91 Å². The maximum absolute atomic E-state index is 11.2. The van der Waals surface area contributed by atoms with Gasteiger partial charge in [-0.3, -0.25) is 10.2 Å². The molecule has 0 saturated heterocycles. The molecule has 0 aliphatic rings. The van der Waals surface area contributed by atoms with Crippen LogP contribution in [0.1, 0.15) is 11.1 Å². The average molecular weight is 318 g/mol. The van der Waals surface area contributed by atoms with Gasteiger partial charge in [0.2, 0.25) is 0 Å². The first-order valence-corrected chi connectivity index (χ1v) is 7.64. The van der Waals surface area contributed by atoms with Crippen LogP contribution in [0.5, 0.6) is 5.75 Å². The highest BCUT2D eigenvalue weighted by atomic mass is 16.5. The van der Waals surface area contributed by atoms with E-state index in [9.17, 15) is 4.79 Å². The summed E-state index contributed by atoms with van der Waals surface area (Å²) in [6.07, 6.45) is 3.07. The zero-order chi connectivity index (χ0) is 16.8. The Morgan fingerprint density at radius 2 is 1.83 bits per heavy atom. The van der Waals surface area contributed by atoms with Gasteiger partial charge in [-0.15, -0.1) is 0 Å². The molecular weight excluding hydrogens is 300 g/mol. The van der Waals surface area contributed by atoms with Crippen molar-refractivity contribution in [2.45, 2.75) is 6.61 Å². The van der Waals surface area contributed by atoms with E-state index in [4.69, 9.17) is 10.6 Å².